The number of aromatic nitrogens is 2. The molecule has 0 saturated heterocycles. The Morgan fingerprint density at radius 1 is 1.00 bits per heavy atom. The van der Waals surface area contributed by atoms with E-state index in [4.69, 9.17) is 14.2 Å². The quantitative estimate of drug-likeness (QED) is 0.542. The van der Waals surface area contributed by atoms with Crippen LogP contribution < -0.4 is 19.5 Å². The maximum atomic E-state index is 12.5. The first-order valence-corrected chi connectivity index (χ1v) is 10.3. The highest BCUT2D eigenvalue weighted by atomic mass is 32.2. The number of amides is 1. The predicted octanol–water partition coefficient (Wildman–Crippen LogP) is 4.25. The third-order valence-corrected chi connectivity index (χ3v) is 5.34. The van der Waals surface area contributed by atoms with Gasteiger partial charge in [0.1, 0.15) is 0 Å². The van der Waals surface area contributed by atoms with Gasteiger partial charge in [0.15, 0.2) is 16.7 Å². The van der Waals surface area contributed by atoms with Gasteiger partial charge in [0, 0.05) is 35.9 Å². The fourth-order valence-corrected chi connectivity index (χ4v) is 3.94. The topological polar surface area (TPSA) is 74.6 Å². The highest BCUT2D eigenvalue weighted by Gasteiger charge is 2.15. The summed E-state index contributed by atoms with van der Waals surface area (Å²) in [6, 6.07) is 9.70. The van der Waals surface area contributed by atoms with Crippen molar-refractivity contribution in [1.29, 1.82) is 0 Å². The Balaban J connectivity index is 1.71. The summed E-state index contributed by atoms with van der Waals surface area (Å²) in [5, 5.41) is 3.62. The minimum Gasteiger partial charge on any atom is -0.493 e. The Hall–Kier alpha value is -3.13. The lowest BCUT2D eigenvalue weighted by molar-refractivity contribution is -0.113. The summed E-state index contributed by atoms with van der Waals surface area (Å²) in [7, 11) is 4.60. The van der Waals surface area contributed by atoms with E-state index in [-0.39, 0.29) is 11.7 Å². The van der Waals surface area contributed by atoms with Crippen LogP contribution in [0.2, 0.25) is 0 Å². The molecule has 3 rings (SSSR count). The van der Waals surface area contributed by atoms with Crippen LogP contribution >= 0.6 is 11.8 Å². The van der Waals surface area contributed by atoms with Crippen molar-refractivity contribution in [1.82, 2.24) is 9.55 Å². The van der Waals surface area contributed by atoms with E-state index in [0.717, 1.165) is 10.8 Å². The molecule has 7 nitrogen and oxygen atoms in total. The molecule has 0 aliphatic carbocycles. The van der Waals surface area contributed by atoms with E-state index >= 15 is 0 Å². The molecule has 0 radical (unpaired) electrons. The predicted molar refractivity (Wildman–Crippen MR) is 118 cm³/mol. The summed E-state index contributed by atoms with van der Waals surface area (Å²) in [4.78, 5) is 16.9. The Bertz CT molecular complexity index is 1000. The zero-order chi connectivity index (χ0) is 21.7. The number of benzene rings is 2. The summed E-state index contributed by atoms with van der Waals surface area (Å²) in [5.41, 5.74) is 3.94. The number of imidazole rings is 1. The van der Waals surface area contributed by atoms with Gasteiger partial charge in [-0.25, -0.2) is 4.98 Å². The molecule has 1 heterocycles. The average Bonchev–Trinajstić information content (AvgIpc) is 3.19. The van der Waals surface area contributed by atoms with Gasteiger partial charge in [-0.1, -0.05) is 17.8 Å². The largest absolute Gasteiger partial charge is 0.493 e. The van der Waals surface area contributed by atoms with E-state index in [9.17, 15) is 4.79 Å². The molecule has 0 fully saturated rings. The molecule has 0 bridgehead atoms. The second kappa shape index (κ2) is 9.58. The molecule has 1 amide bonds. The van der Waals surface area contributed by atoms with Crippen molar-refractivity contribution in [2.45, 2.75) is 19.0 Å². The lowest BCUT2D eigenvalue weighted by Crippen LogP contribution is -2.15. The number of nitrogens with one attached hydrogen (secondary N) is 1. The van der Waals surface area contributed by atoms with E-state index in [1.807, 2.05) is 10.8 Å². The molecule has 2 aromatic carbocycles. The Morgan fingerprint density at radius 2 is 1.63 bits per heavy atom. The number of hydrogen-bond donors (Lipinski definition) is 1. The lowest BCUT2D eigenvalue weighted by atomic mass is 10.1. The Kier molecular flexibility index (Phi) is 6.89. The molecule has 0 aliphatic heterocycles. The van der Waals surface area contributed by atoms with Gasteiger partial charge in [-0.15, -0.1) is 0 Å². The number of rotatable bonds is 8. The molecular weight excluding hydrogens is 402 g/mol. The number of methoxy groups -OCH3 is 3. The maximum Gasteiger partial charge on any atom is 0.234 e. The summed E-state index contributed by atoms with van der Waals surface area (Å²) in [6.45, 7) is 4.12. The highest BCUT2D eigenvalue weighted by Crippen LogP contribution is 2.40. The number of aryl methyl sites for hydroxylation is 2. The van der Waals surface area contributed by atoms with Crippen LogP contribution in [0.5, 0.6) is 17.2 Å². The van der Waals surface area contributed by atoms with Crippen LogP contribution in [0.15, 0.2) is 47.9 Å². The number of thioether (sulfide) groups is 1. The zero-order valence-electron chi connectivity index (χ0n) is 17.7. The van der Waals surface area contributed by atoms with E-state index < -0.39 is 0 Å². The standard InChI is InChI=1S/C22H25N3O4S/c1-14-8-15(2)10-17(9-14)25-7-6-23-22(25)30-13-20(26)24-16-11-18(27-3)21(29-5)19(12-16)28-4/h6-12H,13H2,1-5H3,(H,24,26). The summed E-state index contributed by atoms with van der Waals surface area (Å²) in [6.07, 6.45) is 3.63. The van der Waals surface area contributed by atoms with E-state index in [2.05, 4.69) is 42.3 Å². The van der Waals surface area contributed by atoms with Crippen molar-refractivity contribution in [3.05, 3.63) is 53.9 Å². The molecule has 1 aromatic heterocycles. The van der Waals surface area contributed by atoms with Gasteiger partial charge in [0.2, 0.25) is 11.7 Å². The van der Waals surface area contributed by atoms with Gasteiger partial charge >= 0.3 is 0 Å². The third kappa shape index (κ3) is 4.88. The smallest absolute Gasteiger partial charge is 0.234 e. The number of anilines is 1. The van der Waals surface area contributed by atoms with Crippen LogP contribution in [0.25, 0.3) is 5.69 Å². The molecule has 3 aromatic rings. The number of ether oxygens (including phenoxy) is 3. The van der Waals surface area contributed by atoms with Crippen molar-refractivity contribution >= 4 is 23.4 Å². The van der Waals surface area contributed by atoms with Gasteiger partial charge in [-0.05, 0) is 37.1 Å². The van der Waals surface area contributed by atoms with Crippen molar-refractivity contribution in [3.63, 3.8) is 0 Å². The number of carbonyl (C=O) groups is 1. The van der Waals surface area contributed by atoms with Crippen LogP contribution in [-0.2, 0) is 4.79 Å². The molecule has 0 spiro atoms. The van der Waals surface area contributed by atoms with Gasteiger partial charge in [-0.3, -0.25) is 9.36 Å². The first-order valence-electron chi connectivity index (χ1n) is 9.29. The molecule has 1 N–H and O–H groups in total. The van der Waals surface area contributed by atoms with E-state index in [0.29, 0.717) is 22.9 Å². The van der Waals surface area contributed by atoms with Gasteiger partial charge < -0.3 is 19.5 Å². The van der Waals surface area contributed by atoms with Crippen molar-refractivity contribution in [3.8, 4) is 22.9 Å². The third-order valence-electron chi connectivity index (χ3n) is 4.37. The minimum absolute atomic E-state index is 0.163. The minimum atomic E-state index is -0.163. The van der Waals surface area contributed by atoms with E-state index in [1.54, 1.807) is 18.3 Å². The molecule has 30 heavy (non-hydrogen) atoms. The Labute approximate surface area is 180 Å². The highest BCUT2D eigenvalue weighted by molar-refractivity contribution is 7.99. The van der Waals surface area contributed by atoms with Crippen LogP contribution in [0.1, 0.15) is 11.1 Å². The summed E-state index contributed by atoms with van der Waals surface area (Å²) < 4.78 is 18.0. The van der Waals surface area contributed by atoms with Crippen molar-refractivity contribution in [2.24, 2.45) is 0 Å². The van der Waals surface area contributed by atoms with E-state index in [1.165, 1.54) is 44.2 Å². The molecule has 0 saturated carbocycles. The molecule has 0 aliphatic rings. The normalized spacial score (nSPS) is 10.6. The molecule has 0 atom stereocenters. The average molecular weight is 428 g/mol. The SMILES string of the molecule is COc1cc(NC(=O)CSc2nccn2-c2cc(C)cc(C)c2)cc(OC)c1OC. The lowest BCUT2D eigenvalue weighted by Gasteiger charge is -2.14. The molecule has 0 unspecified atom stereocenters. The molecule has 8 heteroatoms. The van der Waals surface area contributed by atoms with Gasteiger partial charge in [0.05, 0.1) is 27.1 Å². The van der Waals surface area contributed by atoms with Gasteiger partial charge in [0.25, 0.3) is 0 Å². The Morgan fingerprint density at radius 3 is 2.20 bits per heavy atom. The summed E-state index contributed by atoms with van der Waals surface area (Å²) in [5.74, 6) is 1.47. The zero-order valence-corrected chi connectivity index (χ0v) is 18.5. The monoisotopic (exact) mass is 427 g/mol. The second-order valence-corrected chi connectivity index (χ2v) is 7.62. The first-order chi connectivity index (χ1) is 14.4. The number of nitrogens with zero attached hydrogens (tertiary/aromatic N) is 2. The molecule has 158 valence electrons. The number of carbonyl (C=O) groups excluding carboxylic acids is 1. The first kappa shape index (κ1) is 21.6. The maximum absolute atomic E-state index is 12.5. The van der Waals surface area contributed by atoms with Crippen LogP contribution in [0, 0.1) is 13.8 Å². The fourth-order valence-electron chi connectivity index (χ4n) is 3.16. The summed E-state index contributed by atoms with van der Waals surface area (Å²) >= 11 is 1.37. The van der Waals surface area contributed by atoms with Crippen molar-refractivity contribution in [2.75, 3.05) is 32.4 Å². The van der Waals surface area contributed by atoms with Gasteiger partial charge in [-0.2, -0.15) is 0 Å². The fraction of sp³-hybridized carbons (Fsp3) is 0.273. The second-order valence-electron chi connectivity index (χ2n) is 6.68. The van der Waals surface area contributed by atoms with Crippen molar-refractivity contribution < 1.29 is 19.0 Å². The molecular formula is C22H25N3O4S. The number of hydrogen-bond acceptors (Lipinski definition) is 6. The van der Waals surface area contributed by atoms with Crippen LogP contribution in [0.3, 0.4) is 0 Å². The van der Waals surface area contributed by atoms with Crippen LogP contribution in [0.4, 0.5) is 5.69 Å². The van der Waals surface area contributed by atoms with Crippen LogP contribution in [-0.4, -0.2) is 42.5 Å².